The molecule has 0 spiro atoms. The minimum absolute atomic E-state index is 0.00827. The van der Waals surface area contributed by atoms with Crippen LogP contribution >= 0.6 is 0 Å². The van der Waals surface area contributed by atoms with Crippen molar-refractivity contribution in [1.29, 1.82) is 0 Å². The van der Waals surface area contributed by atoms with E-state index in [2.05, 4.69) is 5.32 Å². The Hall–Kier alpha value is -2.61. The molecule has 8 heteroatoms. The van der Waals surface area contributed by atoms with Crippen LogP contribution in [0.4, 0.5) is 13.2 Å². The van der Waals surface area contributed by atoms with Crippen molar-refractivity contribution >= 4 is 5.91 Å². The van der Waals surface area contributed by atoms with Crippen molar-refractivity contribution in [3.05, 3.63) is 69.1 Å². The summed E-state index contributed by atoms with van der Waals surface area (Å²) in [6.45, 7) is 3.06. The molecule has 2 aromatic rings. The van der Waals surface area contributed by atoms with E-state index in [1.807, 2.05) is 31.2 Å². The number of hydrogen-bond acceptors (Lipinski definition) is 3. The first-order valence-corrected chi connectivity index (χ1v) is 9.01. The van der Waals surface area contributed by atoms with Gasteiger partial charge in [0, 0.05) is 12.5 Å². The highest BCUT2D eigenvalue weighted by Crippen LogP contribution is 2.30. The summed E-state index contributed by atoms with van der Waals surface area (Å²) in [6, 6.07) is 8.82. The first kappa shape index (κ1) is 20.1. The standard InChI is InChI=1S/C20H21F3N2O3/c1-12-4-6-13(7-5-12)17(14-3-2-10-28-11-14)25-19(27)15-8-9-16(20(21,22)23)24-18(15)26/h4-9,14,17H,2-3,10-11H2,1H3,(H,24,26)(H,25,27)/t14-,17-/m0/s1. The molecule has 0 bridgehead atoms. The van der Waals surface area contributed by atoms with E-state index in [-0.39, 0.29) is 11.5 Å². The minimum atomic E-state index is -4.68. The number of halogens is 3. The lowest BCUT2D eigenvalue weighted by molar-refractivity contribution is -0.141. The molecule has 1 aromatic heterocycles. The van der Waals surface area contributed by atoms with E-state index in [0.29, 0.717) is 19.3 Å². The van der Waals surface area contributed by atoms with Crippen molar-refractivity contribution in [1.82, 2.24) is 10.3 Å². The number of benzene rings is 1. The van der Waals surface area contributed by atoms with E-state index in [1.54, 1.807) is 4.98 Å². The van der Waals surface area contributed by atoms with E-state index >= 15 is 0 Å². The van der Waals surface area contributed by atoms with Crippen LogP contribution in [0.15, 0.2) is 41.2 Å². The zero-order valence-electron chi connectivity index (χ0n) is 15.3. The Morgan fingerprint density at radius 3 is 2.50 bits per heavy atom. The first-order valence-electron chi connectivity index (χ1n) is 9.01. The molecular weight excluding hydrogens is 373 g/mol. The second kappa shape index (κ2) is 8.18. The van der Waals surface area contributed by atoms with E-state index in [9.17, 15) is 22.8 Å². The lowest BCUT2D eigenvalue weighted by atomic mass is 9.88. The Labute approximate surface area is 159 Å². The lowest BCUT2D eigenvalue weighted by Gasteiger charge is -2.31. The lowest BCUT2D eigenvalue weighted by Crippen LogP contribution is -2.39. The zero-order chi connectivity index (χ0) is 20.3. The van der Waals surface area contributed by atoms with Gasteiger partial charge in [-0.25, -0.2) is 0 Å². The molecule has 0 aliphatic carbocycles. The van der Waals surface area contributed by atoms with E-state index in [4.69, 9.17) is 4.74 Å². The molecule has 2 N–H and O–H groups in total. The molecule has 0 saturated carbocycles. The Kier molecular flexibility index (Phi) is 5.88. The number of ether oxygens (including phenoxy) is 1. The average molecular weight is 394 g/mol. The maximum absolute atomic E-state index is 12.7. The van der Waals surface area contributed by atoms with Crippen LogP contribution < -0.4 is 10.9 Å². The summed E-state index contributed by atoms with van der Waals surface area (Å²) in [7, 11) is 0. The number of pyridine rings is 1. The molecule has 1 fully saturated rings. The second-order valence-corrected chi connectivity index (χ2v) is 6.95. The number of aromatic amines is 1. The van der Waals surface area contributed by atoms with Crippen LogP contribution in [0.5, 0.6) is 0 Å². The largest absolute Gasteiger partial charge is 0.431 e. The number of alkyl halides is 3. The SMILES string of the molecule is Cc1ccc([C@H](NC(=O)c2ccc(C(F)(F)F)[nH]c2=O)[C@H]2CCCOC2)cc1. The molecular formula is C20H21F3N2O3. The van der Waals surface area contributed by atoms with Gasteiger partial charge < -0.3 is 15.0 Å². The summed E-state index contributed by atoms with van der Waals surface area (Å²) >= 11 is 0. The van der Waals surface area contributed by atoms with Gasteiger partial charge in [-0.3, -0.25) is 9.59 Å². The van der Waals surface area contributed by atoms with Gasteiger partial charge in [0.2, 0.25) is 0 Å². The monoisotopic (exact) mass is 394 g/mol. The molecule has 1 aliphatic rings. The zero-order valence-corrected chi connectivity index (χ0v) is 15.3. The molecule has 1 saturated heterocycles. The molecule has 5 nitrogen and oxygen atoms in total. The van der Waals surface area contributed by atoms with Crippen LogP contribution in [-0.4, -0.2) is 24.1 Å². The predicted molar refractivity (Wildman–Crippen MR) is 97.0 cm³/mol. The Morgan fingerprint density at radius 1 is 1.21 bits per heavy atom. The highest BCUT2D eigenvalue weighted by molar-refractivity contribution is 5.94. The van der Waals surface area contributed by atoms with Crippen LogP contribution in [0.1, 0.15) is 46.1 Å². The molecule has 2 atom stereocenters. The van der Waals surface area contributed by atoms with Gasteiger partial charge in [0.05, 0.1) is 12.6 Å². The predicted octanol–water partition coefficient (Wildman–Crippen LogP) is 3.60. The smallest absolute Gasteiger partial charge is 0.381 e. The second-order valence-electron chi connectivity index (χ2n) is 6.95. The normalized spacial score (nSPS) is 18.5. The van der Waals surface area contributed by atoms with Crippen LogP contribution in [0, 0.1) is 12.8 Å². The third-order valence-corrected chi connectivity index (χ3v) is 4.85. The highest BCUT2D eigenvalue weighted by atomic mass is 19.4. The van der Waals surface area contributed by atoms with Crippen LogP contribution in [0.3, 0.4) is 0 Å². The summed E-state index contributed by atoms with van der Waals surface area (Å²) in [4.78, 5) is 26.4. The maximum Gasteiger partial charge on any atom is 0.431 e. The van der Waals surface area contributed by atoms with E-state index < -0.39 is 29.4 Å². The highest BCUT2D eigenvalue weighted by Gasteiger charge is 2.33. The summed E-state index contributed by atoms with van der Waals surface area (Å²) in [5, 5.41) is 2.82. The Morgan fingerprint density at radius 2 is 1.93 bits per heavy atom. The molecule has 28 heavy (non-hydrogen) atoms. The fourth-order valence-corrected chi connectivity index (χ4v) is 3.31. The van der Waals surface area contributed by atoms with Gasteiger partial charge in [0.25, 0.3) is 11.5 Å². The van der Waals surface area contributed by atoms with Gasteiger partial charge in [0.1, 0.15) is 11.3 Å². The number of carbonyl (C=O) groups excluding carboxylic acids is 1. The van der Waals surface area contributed by atoms with Crippen molar-refractivity contribution < 1.29 is 22.7 Å². The minimum Gasteiger partial charge on any atom is -0.381 e. The van der Waals surface area contributed by atoms with Crippen LogP contribution in [0.25, 0.3) is 0 Å². The maximum atomic E-state index is 12.7. The number of aryl methyl sites for hydroxylation is 1. The van der Waals surface area contributed by atoms with Crippen molar-refractivity contribution in [2.45, 2.75) is 32.0 Å². The van der Waals surface area contributed by atoms with Gasteiger partial charge >= 0.3 is 6.18 Å². The average Bonchev–Trinajstić information content (AvgIpc) is 2.66. The number of aromatic nitrogens is 1. The Balaban J connectivity index is 1.87. The van der Waals surface area contributed by atoms with Crippen molar-refractivity contribution in [3.8, 4) is 0 Å². The van der Waals surface area contributed by atoms with Crippen molar-refractivity contribution in [2.75, 3.05) is 13.2 Å². The topological polar surface area (TPSA) is 71.2 Å². The van der Waals surface area contributed by atoms with E-state index in [1.165, 1.54) is 0 Å². The first-order chi connectivity index (χ1) is 13.3. The summed E-state index contributed by atoms with van der Waals surface area (Å²) < 4.78 is 43.7. The molecule has 1 aliphatic heterocycles. The Bertz CT molecular complexity index is 885. The number of H-pyrrole nitrogens is 1. The van der Waals surface area contributed by atoms with Crippen LogP contribution in [0.2, 0.25) is 0 Å². The van der Waals surface area contributed by atoms with Gasteiger partial charge in [-0.2, -0.15) is 13.2 Å². The van der Waals surface area contributed by atoms with Gasteiger partial charge in [-0.05, 0) is 37.5 Å². The number of amides is 1. The van der Waals surface area contributed by atoms with Gasteiger partial charge in [-0.1, -0.05) is 29.8 Å². The number of hydrogen-bond donors (Lipinski definition) is 2. The molecule has 1 amide bonds. The third kappa shape index (κ3) is 4.62. The number of nitrogens with one attached hydrogen (secondary N) is 2. The third-order valence-electron chi connectivity index (χ3n) is 4.85. The quantitative estimate of drug-likeness (QED) is 0.833. The summed E-state index contributed by atoms with van der Waals surface area (Å²) in [5.74, 6) is -0.708. The number of rotatable bonds is 4. The van der Waals surface area contributed by atoms with Crippen LogP contribution in [-0.2, 0) is 10.9 Å². The van der Waals surface area contributed by atoms with E-state index in [0.717, 1.165) is 30.0 Å². The van der Waals surface area contributed by atoms with Crippen molar-refractivity contribution in [3.63, 3.8) is 0 Å². The molecule has 150 valence electrons. The molecule has 1 aromatic carbocycles. The molecule has 3 rings (SSSR count). The van der Waals surface area contributed by atoms with Crippen molar-refractivity contribution in [2.24, 2.45) is 5.92 Å². The molecule has 0 unspecified atom stereocenters. The summed E-state index contributed by atoms with van der Waals surface area (Å²) in [6.07, 6.45) is -3.00. The fourth-order valence-electron chi connectivity index (χ4n) is 3.31. The fraction of sp³-hybridized carbons (Fsp3) is 0.400. The van der Waals surface area contributed by atoms with Gasteiger partial charge in [0.15, 0.2) is 0 Å². The van der Waals surface area contributed by atoms with Gasteiger partial charge in [-0.15, -0.1) is 0 Å². The molecule has 0 radical (unpaired) electrons. The molecule has 2 heterocycles. The number of carbonyl (C=O) groups is 1. The summed E-state index contributed by atoms with van der Waals surface area (Å²) in [5.41, 5.74) is -0.702.